The van der Waals surface area contributed by atoms with Gasteiger partial charge in [0, 0.05) is 6.08 Å². The summed E-state index contributed by atoms with van der Waals surface area (Å²) in [6, 6.07) is 11.1. The normalized spacial score (nSPS) is 10.6. The average molecular weight is 348 g/mol. The maximum atomic E-state index is 12.9. The third-order valence-electron chi connectivity index (χ3n) is 3.00. The van der Waals surface area contributed by atoms with E-state index in [1.165, 1.54) is 12.1 Å². The minimum atomic E-state index is -0.642. The molecule has 0 aliphatic heterocycles. The number of hydrogen-bond donors (Lipinski definition) is 1. The summed E-state index contributed by atoms with van der Waals surface area (Å²) in [5, 5.41) is 2.50. The molecule has 0 aliphatic rings. The summed E-state index contributed by atoms with van der Waals surface area (Å²) < 4.78 is 17.8. The third kappa shape index (κ3) is 5.52. The lowest BCUT2D eigenvalue weighted by Gasteiger charge is -2.07. The van der Waals surface area contributed by atoms with Gasteiger partial charge in [0.1, 0.15) is 5.82 Å². The molecular formula is C18H15ClFNO3. The quantitative estimate of drug-likeness (QED) is 0.657. The minimum absolute atomic E-state index is 0.0639. The fraction of sp³-hybridized carbons (Fsp3) is 0.111. The molecule has 124 valence electrons. The number of carbonyl (C=O) groups is 2. The molecule has 0 spiro atoms. The van der Waals surface area contributed by atoms with E-state index in [1.807, 2.05) is 31.2 Å². The predicted molar refractivity (Wildman–Crippen MR) is 91.2 cm³/mol. The summed E-state index contributed by atoms with van der Waals surface area (Å²) in [7, 11) is 0. The molecule has 1 amide bonds. The van der Waals surface area contributed by atoms with Gasteiger partial charge in [-0.2, -0.15) is 0 Å². The Kier molecular flexibility index (Phi) is 6.09. The zero-order valence-corrected chi connectivity index (χ0v) is 13.6. The van der Waals surface area contributed by atoms with E-state index in [4.69, 9.17) is 16.3 Å². The highest BCUT2D eigenvalue weighted by Gasteiger charge is 2.08. The number of esters is 1. The molecule has 4 nitrogen and oxygen atoms in total. The number of ether oxygens (including phenoxy) is 1. The Labute approximate surface area is 143 Å². The number of amides is 1. The molecule has 2 aromatic carbocycles. The smallest absolute Gasteiger partial charge is 0.331 e. The van der Waals surface area contributed by atoms with E-state index in [-0.39, 0.29) is 10.7 Å². The first-order valence-corrected chi connectivity index (χ1v) is 7.48. The summed E-state index contributed by atoms with van der Waals surface area (Å²) in [5.74, 6) is -1.72. The van der Waals surface area contributed by atoms with Crippen LogP contribution in [0.2, 0.25) is 5.02 Å². The molecule has 24 heavy (non-hydrogen) atoms. The van der Waals surface area contributed by atoms with Crippen LogP contribution in [0.3, 0.4) is 0 Å². The van der Waals surface area contributed by atoms with Crippen LogP contribution in [0.1, 0.15) is 11.1 Å². The highest BCUT2D eigenvalue weighted by Crippen LogP contribution is 2.22. The maximum Gasteiger partial charge on any atom is 0.331 e. The summed E-state index contributed by atoms with van der Waals surface area (Å²) >= 11 is 5.79. The lowest BCUT2D eigenvalue weighted by atomic mass is 10.1. The van der Waals surface area contributed by atoms with Crippen molar-refractivity contribution < 1.29 is 18.7 Å². The second kappa shape index (κ2) is 8.26. The van der Waals surface area contributed by atoms with Crippen LogP contribution in [0.15, 0.2) is 48.5 Å². The second-order valence-corrected chi connectivity index (χ2v) is 5.43. The van der Waals surface area contributed by atoms with Crippen LogP contribution in [0, 0.1) is 12.7 Å². The maximum absolute atomic E-state index is 12.9. The Hall–Kier alpha value is -2.66. The summed E-state index contributed by atoms with van der Waals surface area (Å²) in [4.78, 5) is 23.3. The zero-order valence-electron chi connectivity index (χ0n) is 12.9. The van der Waals surface area contributed by atoms with E-state index in [9.17, 15) is 14.0 Å². The van der Waals surface area contributed by atoms with Gasteiger partial charge in [-0.05, 0) is 36.8 Å². The van der Waals surface area contributed by atoms with Crippen LogP contribution in [0.4, 0.5) is 10.1 Å². The Morgan fingerprint density at radius 1 is 1.25 bits per heavy atom. The molecule has 0 fully saturated rings. The van der Waals surface area contributed by atoms with Gasteiger partial charge in [-0.25, -0.2) is 9.18 Å². The van der Waals surface area contributed by atoms with Crippen molar-refractivity contribution in [3.05, 3.63) is 70.5 Å². The third-order valence-corrected chi connectivity index (χ3v) is 3.32. The highest BCUT2D eigenvalue weighted by atomic mass is 35.5. The lowest BCUT2D eigenvalue weighted by Crippen LogP contribution is -2.20. The average Bonchev–Trinajstić information content (AvgIpc) is 2.54. The van der Waals surface area contributed by atoms with Gasteiger partial charge in [0.15, 0.2) is 6.61 Å². The number of benzene rings is 2. The molecule has 1 N–H and O–H groups in total. The Balaban J connectivity index is 1.83. The number of carbonyl (C=O) groups excluding carboxylic acids is 2. The Bertz CT molecular complexity index is 790. The van der Waals surface area contributed by atoms with Gasteiger partial charge >= 0.3 is 5.97 Å². The van der Waals surface area contributed by atoms with Crippen molar-refractivity contribution in [1.29, 1.82) is 0 Å². The van der Waals surface area contributed by atoms with Gasteiger partial charge in [0.05, 0.1) is 10.7 Å². The van der Waals surface area contributed by atoms with Crippen LogP contribution in [0.5, 0.6) is 0 Å². The van der Waals surface area contributed by atoms with E-state index < -0.39 is 24.3 Å². The summed E-state index contributed by atoms with van der Waals surface area (Å²) in [6.07, 6.45) is 2.84. The van der Waals surface area contributed by atoms with E-state index in [1.54, 1.807) is 6.08 Å². The number of anilines is 1. The number of halogens is 2. The number of hydrogen-bond acceptors (Lipinski definition) is 3. The van der Waals surface area contributed by atoms with E-state index in [0.717, 1.165) is 23.3 Å². The van der Waals surface area contributed by atoms with Crippen molar-refractivity contribution in [3.63, 3.8) is 0 Å². The van der Waals surface area contributed by atoms with Crippen molar-refractivity contribution in [3.8, 4) is 0 Å². The molecule has 6 heteroatoms. The number of aryl methyl sites for hydroxylation is 1. The predicted octanol–water partition coefficient (Wildman–Crippen LogP) is 3.98. The molecular weight excluding hydrogens is 333 g/mol. The molecule has 0 aliphatic carbocycles. The standard InChI is InChI=1S/C18H15ClFNO3/c1-12-3-2-4-13(9-12)5-8-18(23)24-11-17(22)21-16-7-6-14(20)10-15(16)19/h2-10H,11H2,1H3,(H,21,22)/b8-5+. The molecule has 0 heterocycles. The van der Waals surface area contributed by atoms with Crippen LogP contribution in [-0.4, -0.2) is 18.5 Å². The number of rotatable bonds is 5. The molecule has 0 unspecified atom stereocenters. The van der Waals surface area contributed by atoms with Crippen LogP contribution in [0.25, 0.3) is 6.08 Å². The molecule has 0 atom stereocenters. The topological polar surface area (TPSA) is 55.4 Å². The SMILES string of the molecule is Cc1cccc(/C=C/C(=O)OCC(=O)Nc2ccc(F)cc2Cl)c1. The molecule has 0 bridgehead atoms. The van der Waals surface area contributed by atoms with Gasteiger partial charge in [-0.15, -0.1) is 0 Å². The van der Waals surface area contributed by atoms with E-state index in [0.29, 0.717) is 0 Å². The van der Waals surface area contributed by atoms with Crippen LogP contribution in [-0.2, 0) is 14.3 Å². The first-order chi connectivity index (χ1) is 11.4. The van der Waals surface area contributed by atoms with Crippen LogP contribution >= 0.6 is 11.6 Å². The number of nitrogens with one attached hydrogen (secondary N) is 1. The van der Waals surface area contributed by atoms with Crippen molar-refractivity contribution in [1.82, 2.24) is 0 Å². The first-order valence-electron chi connectivity index (χ1n) is 7.10. The monoisotopic (exact) mass is 347 g/mol. The minimum Gasteiger partial charge on any atom is -0.452 e. The van der Waals surface area contributed by atoms with Gasteiger partial charge in [-0.3, -0.25) is 4.79 Å². The van der Waals surface area contributed by atoms with Gasteiger partial charge in [-0.1, -0.05) is 41.4 Å². The van der Waals surface area contributed by atoms with Crippen molar-refractivity contribution in [2.24, 2.45) is 0 Å². The van der Waals surface area contributed by atoms with Gasteiger partial charge < -0.3 is 10.1 Å². The summed E-state index contributed by atoms with van der Waals surface area (Å²) in [5.41, 5.74) is 2.17. The zero-order chi connectivity index (χ0) is 17.5. The molecule has 0 saturated carbocycles. The van der Waals surface area contributed by atoms with Crippen molar-refractivity contribution in [2.75, 3.05) is 11.9 Å². The van der Waals surface area contributed by atoms with Crippen molar-refractivity contribution in [2.45, 2.75) is 6.92 Å². The molecule has 2 aromatic rings. The highest BCUT2D eigenvalue weighted by molar-refractivity contribution is 6.33. The molecule has 0 radical (unpaired) electrons. The van der Waals surface area contributed by atoms with Gasteiger partial charge in [0.2, 0.25) is 0 Å². The first kappa shape index (κ1) is 17.7. The molecule has 0 saturated heterocycles. The second-order valence-electron chi connectivity index (χ2n) is 5.03. The Morgan fingerprint density at radius 3 is 2.75 bits per heavy atom. The van der Waals surface area contributed by atoms with Gasteiger partial charge in [0.25, 0.3) is 5.91 Å². The molecule has 0 aromatic heterocycles. The Morgan fingerprint density at radius 2 is 2.04 bits per heavy atom. The lowest BCUT2D eigenvalue weighted by molar-refractivity contribution is -0.142. The summed E-state index contributed by atoms with van der Waals surface area (Å²) in [6.45, 7) is 1.48. The fourth-order valence-corrected chi connectivity index (χ4v) is 2.11. The van der Waals surface area contributed by atoms with E-state index >= 15 is 0 Å². The van der Waals surface area contributed by atoms with E-state index in [2.05, 4.69) is 5.32 Å². The van der Waals surface area contributed by atoms with Crippen molar-refractivity contribution >= 4 is 35.2 Å². The largest absolute Gasteiger partial charge is 0.452 e. The van der Waals surface area contributed by atoms with Crippen LogP contribution < -0.4 is 5.32 Å². The fourth-order valence-electron chi connectivity index (χ4n) is 1.90. The molecule has 2 rings (SSSR count).